The first kappa shape index (κ1) is 15.0. The Morgan fingerprint density at radius 2 is 1.86 bits per heavy atom. The van der Waals surface area contributed by atoms with Crippen molar-refractivity contribution in [2.24, 2.45) is 12.2 Å². The summed E-state index contributed by atoms with van der Waals surface area (Å²) in [6, 6.07) is 6.53. The molecule has 112 valence electrons. The van der Waals surface area contributed by atoms with E-state index in [-0.39, 0.29) is 10.7 Å². The molecule has 0 saturated carbocycles. The van der Waals surface area contributed by atoms with Crippen molar-refractivity contribution in [3.05, 3.63) is 36.0 Å². The van der Waals surface area contributed by atoms with Gasteiger partial charge in [-0.1, -0.05) is 17.7 Å². The van der Waals surface area contributed by atoms with E-state index in [4.69, 9.17) is 5.14 Å². The van der Waals surface area contributed by atoms with Gasteiger partial charge in [-0.05, 0) is 19.1 Å². The quantitative estimate of drug-likeness (QED) is 0.784. The van der Waals surface area contributed by atoms with Gasteiger partial charge < -0.3 is 5.32 Å². The molecule has 0 atom stereocenters. The molecule has 1 aromatic heterocycles. The van der Waals surface area contributed by atoms with Crippen LogP contribution in [0.4, 0.5) is 16.3 Å². The second kappa shape index (κ2) is 5.54. The number of nitrogens with two attached hydrogens (primary N) is 1. The topological polar surface area (TPSA) is 119 Å². The van der Waals surface area contributed by atoms with Crippen molar-refractivity contribution in [1.29, 1.82) is 0 Å². The molecule has 0 radical (unpaired) electrons. The zero-order valence-electron chi connectivity index (χ0n) is 11.5. The molecule has 0 aliphatic heterocycles. The maximum Gasteiger partial charge on any atom is 0.324 e. The molecule has 2 aromatic rings. The van der Waals surface area contributed by atoms with E-state index in [1.54, 1.807) is 12.1 Å². The van der Waals surface area contributed by atoms with Gasteiger partial charge in [-0.3, -0.25) is 10.00 Å². The number of anilines is 2. The van der Waals surface area contributed by atoms with Gasteiger partial charge in [-0.2, -0.15) is 5.10 Å². The van der Waals surface area contributed by atoms with E-state index in [9.17, 15) is 13.2 Å². The zero-order chi connectivity index (χ0) is 15.6. The summed E-state index contributed by atoms with van der Waals surface area (Å²) in [7, 11) is -2.44. The third kappa shape index (κ3) is 3.80. The number of hydrogen-bond donors (Lipinski definition) is 3. The van der Waals surface area contributed by atoms with Crippen LogP contribution in [0.5, 0.6) is 0 Å². The molecule has 1 aromatic carbocycles. The first-order valence-electron chi connectivity index (χ1n) is 5.97. The molecule has 8 nitrogen and oxygen atoms in total. The molecule has 4 N–H and O–H groups in total. The van der Waals surface area contributed by atoms with Gasteiger partial charge in [-0.25, -0.2) is 18.4 Å². The summed E-state index contributed by atoms with van der Waals surface area (Å²) in [5.74, 6) is -0.121. The first-order valence-corrected chi connectivity index (χ1v) is 7.51. The molecule has 9 heteroatoms. The lowest BCUT2D eigenvalue weighted by atomic mass is 10.2. The van der Waals surface area contributed by atoms with Gasteiger partial charge >= 0.3 is 6.03 Å². The number of hydrogen-bond acceptors (Lipinski definition) is 4. The Balaban J connectivity index is 2.15. The smallest absolute Gasteiger partial charge is 0.308 e. The Labute approximate surface area is 122 Å². The van der Waals surface area contributed by atoms with E-state index < -0.39 is 16.1 Å². The Morgan fingerprint density at radius 1 is 1.24 bits per heavy atom. The van der Waals surface area contributed by atoms with E-state index in [1.165, 1.54) is 17.9 Å². The van der Waals surface area contributed by atoms with Gasteiger partial charge in [0.2, 0.25) is 10.0 Å². The monoisotopic (exact) mass is 309 g/mol. The van der Waals surface area contributed by atoms with E-state index >= 15 is 0 Å². The number of benzene rings is 1. The van der Waals surface area contributed by atoms with Crippen LogP contribution < -0.4 is 15.8 Å². The van der Waals surface area contributed by atoms with Crippen LogP contribution in [0.3, 0.4) is 0 Å². The molecule has 0 aliphatic carbocycles. The fraction of sp³-hybridized carbons (Fsp3) is 0.167. The SMILES string of the molecule is Cc1ccc(NC(=O)Nc2nn(C)cc2S(N)(=O)=O)cc1. The highest BCUT2D eigenvalue weighted by Gasteiger charge is 2.19. The standard InChI is InChI=1S/C12H15N5O3S/c1-8-3-5-9(6-4-8)14-12(18)15-11-10(21(13,19)20)7-17(2)16-11/h3-7H,1-2H3,(H2,13,19,20)(H2,14,15,16,18). The average Bonchev–Trinajstić information content (AvgIpc) is 2.73. The van der Waals surface area contributed by atoms with Gasteiger partial charge in [0.05, 0.1) is 0 Å². The van der Waals surface area contributed by atoms with Crippen LogP contribution in [0.25, 0.3) is 0 Å². The van der Waals surface area contributed by atoms with Crippen molar-refractivity contribution in [3.8, 4) is 0 Å². The molecular weight excluding hydrogens is 294 g/mol. The van der Waals surface area contributed by atoms with Gasteiger partial charge in [0.25, 0.3) is 0 Å². The van der Waals surface area contributed by atoms with E-state index in [2.05, 4.69) is 15.7 Å². The summed E-state index contributed by atoms with van der Waals surface area (Å²) < 4.78 is 24.0. The maximum absolute atomic E-state index is 11.8. The van der Waals surface area contributed by atoms with Crippen molar-refractivity contribution >= 4 is 27.6 Å². The third-order valence-electron chi connectivity index (χ3n) is 2.64. The van der Waals surface area contributed by atoms with Crippen LogP contribution in [-0.2, 0) is 17.1 Å². The Kier molecular flexibility index (Phi) is 3.96. The van der Waals surface area contributed by atoms with Crippen LogP contribution in [0.15, 0.2) is 35.4 Å². The third-order valence-corrected chi connectivity index (χ3v) is 3.55. The van der Waals surface area contributed by atoms with E-state index in [0.717, 1.165) is 5.56 Å². The summed E-state index contributed by atoms with van der Waals surface area (Å²) in [6.45, 7) is 1.93. The second-order valence-corrected chi connectivity index (χ2v) is 6.04. The predicted octanol–water partition coefficient (Wildman–Crippen LogP) is 1.02. The lowest BCUT2D eigenvalue weighted by molar-refractivity contribution is 0.262. The van der Waals surface area contributed by atoms with Crippen LogP contribution in [-0.4, -0.2) is 24.2 Å². The number of aryl methyl sites for hydroxylation is 2. The fourth-order valence-electron chi connectivity index (χ4n) is 1.67. The molecule has 0 saturated heterocycles. The lowest BCUT2D eigenvalue weighted by Crippen LogP contribution is -2.22. The fourth-order valence-corrected chi connectivity index (χ4v) is 2.33. The number of nitrogens with one attached hydrogen (secondary N) is 2. The Hall–Kier alpha value is -2.39. The molecule has 1 heterocycles. The lowest BCUT2D eigenvalue weighted by Gasteiger charge is -2.06. The summed E-state index contributed by atoms with van der Waals surface area (Å²) in [5, 5.41) is 13.9. The Morgan fingerprint density at radius 3 is 2.43 bits per heavy atom. The minimum Gasteiger partial charge on any atom is -0.308 e. The highest BCUT2D eigenvalue weighted by Crippen LogP contribution is 2.17. The van der Waals surface area contributed by atoms with Crippen molar-refractivity contribution in [3.63, 3.8) is 0 Å². The number of aromatic nitrogens is 2. The number of urea groups is 1. The van der Waals surface area contributed by atoms with Crippen LogP contribution >= 0.6 is 0 Å². The summed E-state index contributed by atoms with van der Waals surface area (Å²) >= 11 is 0. The average molecular weight is 309 g/mol. The minimum atomic E-state index is -3.96. The minimum absolute atomic E-state index is 0.121. The van der Waals surface area contributed by atoms with Crippen LogP contribution in [0.2, 0.25) is 0 Å². The number of rotatable bonds is 3. The predicted molar refractivity (Wildman–Crippen MR) is 78.4 cm³/mol. The summed E-state index contributed by atoms with van der Waals surface area (Å²) in [4.78, 5) is 11.6. The number of amides is 2. The summed E-state index contributed by atoms with van der Waals surface area (Å²) in [5.41, 5.74) is 1.63. The molecule has 21 heavy (non-hydrogen) atoms. The molecule has 0 fully saturated rings. The number of carbonyl (C=O) groups is 1. The molecule has 0 bridgehead atoms. The number of sulfonamides is 1. The molecule has 0 aliphatic rings. The number of primary sulfonamides is 1. The largest absolute Gasteiger partial charge is 0.324 e. The van der Waals surface area contributed by atoms with Gasteiger partial charge in [-0.15, -0.1) is 0 Å². The number of carbonyl (C=O) groups excluding carboxylic acids is 1. The molecule has 0 unspecified atom stereocenters. The van der Waals surface area contributed by atoms with Crippen molar-refractivity contribution in [2.45, 2.75) is 11.8 Å². The number of nitrogens with zero attached hydrogens (tertiary/aromatic N) is 2. The van der Waals surface area contributed by atoms with Crippen LogP contribution in [0, 0.1) is 6.92 Å². The van der Waals surface area contributed by atoms with E-state index in [1.807, 2.05) is 19.1 Å². The zero-order valence-corrected chi connectivity index (χ0v) is 12.3. The molecule has 2 rings (SSSR count). The molecular formula is C12H15N5O3S. The highest BCUT2D eigenvalue weighted by molar-refractivity contribution is 7.89. The Bertz CT molecular complexity index is 765. The second-order valence-electron chi connectivity index (χ2n) is 4.51. The highest BCUT2D eigenvalue weighted by atomic mass is 32.2. The first-order chi connectivity index (χ1) is 9.75. The summed E-state index contributed by atoms with van der Waals surface area (Å²) in [6.07, 6.45) is 1.22. The van der Waals surface area contributed by atoms with Crippen molar-refractivity contribution in [2.75, 3.05) is 10.6 Å². The van der Waals surface area contributed by atoms with E-state index in [0.29, 0.717) is 5.69 Å². The van der Waals surface area contributed by atoms with Gasteiger partial charge in [0.15, 0.2) is 5.82 Å². The van der Waals surface area contributed by atoms with Gasteiger partial charge in [0.1, 0.15) is 4.90 Å². The molecule has 2 amide bonds. The van der Waals surface area contributed by atoms with Crippen molar-refractivity contribution in [1.82, 2.24) is 9.78 Å². The van der Waals surface area contributed by atoms with Crippen molar-refractivity contribution < 1.29 is 13.2 Å². The molecule has 0 spiro atoms. The maximum atomic E-state index is 11.8. The van der Waals surface area contributed by atoms with Gasteiger partial charge in [0, 0.05) is 18.9 Å². The van der Waals surface area contributed by atoms with Crippen LogP contribution in [0.1, 0.15) is 5.56 Å². The normalized spacial score (nSPS) is 11.2.